The number of aliphatic hydroxyl groups excluding tert-OH is 1. The number of carbonyl (C=O) groups excluding carboxylic acids is 1. The lowest BCUT2D eigenvalue weighted by Crippen LogP contribution is -2.40. The standard InChI is InChI=1S/C17H22N2O2/c1-17(2,3)15(20)11-18-16(21)19-14-10-6-8-12-7-4-5-9-13(12)14/h4-10,15,20H,11H2,1-3H3,(H2,18,19,21). The van der Waals surface area contributed by atoms with E-state index in [4.69, 9.17) is 0 Å². The highest BCUT2D eigenvalue weighted by Crippen LogP contribution is 2.23. The molecule has 0 bridgehead atoms. The number of hydrogen-bond acceptors (Lipinski definition) is 2. The molecule has 112 valence electrons. The van der Waals surface area contributed by atoms with Crippen molar-refractivity contribution in [1.29, 1.82) is 0 Å². The van der Waals surface area contributed by atoms with E-state index >= 15 is 0 Å². The lowest BCUT2D eigenvalue weighted by molar-refractivity contribution is 0.0654. The van der Waals surface area contributed by atoms with Gasteiger partial charge in [-0.2, -0.15) is 0 Å². The molecule has 2 amide bonds. The first-order valence-corrected chi connectivity index (χ1v) is 7.08. The molecule has 0 saturated heterocycles. The van der Waals surface area contributed by atoms with Gasteiger partial charge in [-0.05, 0) is 16.9 Å². The predicted molar refractivity (Wildman–Crippen MR) is 86.4 cm³/mol. The van der Waals surface area contributed by atoms with E-state index in [1.165, 1.54) is 0 Å². The van der Waals surface area contributed by atoms with Crippen molar-refractivity contribution in [2.75, 3.05) is 11.9 Å². The number of amides is 2. The zero-order chi connectivity index (χ0) is 15.5. The number of carbonyl (C=O) groups is 1. The van der Waals surface area contributed by atoms with Crippen LogP contribution in [-0.2, 0) is 0 Å². The summed E-state index contributed by atoms with van der Waals surface area (Å²) in [7, 11) is 0. The Hall–Kier alpha value is -2.07. The van der Waals surface area contributed by atoms with Gasteiger partial charge >= 0.3 is 6.03 Å². The minimum absolute atomic E-state index is 0.222. The van der Waals surface area contributed by atoms with Crippen LogP contribution in [0.4, 0.5) is 10.5 Å². The van der Waals surface area contributed by atoms with Crippen molar-refractivity contribution in [2.24, 2.45) is 5.41 Å². The molecular formula is C17H22N2O2. The van der Waals surface area contributed by atoms with Crippen LogP contribution < -0.4 is 10.6 Å². The number of nitrogens with one attached hydrogen (secondary N) is 2. The van der Waals surface area contributed by atoms with Crippen LogP contribution in [0.15, 0.2) is 42.5 Å². The maximum Gasteiger partial charge on any atom is 0.319 e. The van der Waals surface area contributed by atoms with E-state index in [-0.39, 0.29) is 18.0 Å². The van der Waals surface area contributed by atoms with E-state index in [9.17, 15) is 9.90 Å². The summed E-state index contributed by atoms with van der Waals surface area (Å²) < 4.78 is 0. The number of aliphatic hydroxyl groups is 1. The lowest BCUT2D eigenvalue weighted by atomic mass is 9.89. The molecule has 21 heavy (non-hydrogen) atoms. The number of rotatable bonds is 3. The Morgan fingerprint density at radius 2 is 1.81 bits per heavy atom. The Balaban J connectivity index is 2.02. The quantitative estimate of drug-likeness (QED) is 0.810. The van der Waals surface area contributed by atoms with Gasteiger partial charge in [0.15, 0.2) is 0 Å². The average molecular weight is 286 g/mol. The zero-order valence-electron chi connectivity index (χ0n) is 12.7. The Morgan fingerprint density at radius 3 is 2.52 bits per heavy atom. The van der Waals surface area contributed by atoms with Crippen molar-refractivity contribution in [1.82, 2.24) is 5.32 Å². The molecule has 3 N–H and O–H groups in total. The highest BCUT2D eigenvalue weighted by molar-refractivity contribution is 6.01. The van der Waals surface area contributed by atoms with Gasteiger partial charge in [-0.3, -0.25) is 0 Å². The second-order valence-electron chi connectivity index (χ2n) is 6.24. The van der Waals surface area contributed by atoms with Gasteiger partial charge in [0.25, 0.3) is 0 Å². The fourth-order valence-corrected chi connectivity index (χ4v) is 2.00. The van der Waals surface area contributed by atoms with Crippen molar-refractivity contribution in [2.45, 2.75) is 26.9 Å². The van der Waals surface area contributed by atoms with Crippen molar-refractivity contribution in [3.8, 4) is 0 Å². The zero-order valence-corrected chi connectivity index (χ0v) is 12.7. The molecule has 0 fully saturated rings. The van der Waals surface area contributed by atoms with Gasteiger partial charge in [-0.15, -0.1) is 0 Å². The molecule has 0 aliphatic rings. The largest absolute Gasteiger partial charge is 0.391 e. The Kier molecular flexibility index (Phi) is 4.48. The number of benzene rings is 2. The van der Waals surface area contributed by atoms with Gasteiger partial charge in [0.2, 0.25) is 0 Å². The number of urea groups is 1. The molecule has 0 saturated carbocycles. The molecule has 0 radical (unpaired) electrons. The van der Waals surface area contributed by atoms with Crippen LogP contribution >= 0.6 is 0 Å². The summed E-state index contributed by atoms with van der Waals surface area (Å²) in [6.07, 6.45) is -0.587. The Morgan fingerprint density at radius 1 is 1.14 bits per heavy atom. The summed E-state index contributed by atoms with van der Waals surface area (Å²) in [5.74, 6) is 0. The van der Waals surface area contributed by atoms with Crippen molar-refractivity contribution >= 4 is 22.5 Å². The molecule has 1 unspecified atom stereocenters. The fourth-order valence-electron chi connectivity index (χ4n) is 2.00. The predicted octanol–water partition coefficient (Wildman–Crippen LogP) is 3.37. The van der Waals surface area contributed by atoms with Gasteiger partial charge < -0.3 is 15.7 Å². The topological polar surface area (TPSA) is 61.4 Å². The molecule has 0 aliphatic carbocycles. The van der Waals surface area contributed by atoms with Crippen LogP contribution in [0.1, 0.15) is 20.8 Å². The van der Waals surface area contributed by atoms with E-state index in [1.807, 2.05) is 63.2 Å². The third-order valence-corrected chi connectivity index (χ3v) is 3.49. The normalized spacial score (nSPS) is 13.0. The van der Waals surface area contributed by atoms with Crippen LogP contribution in [0.5, 0.6) is 0 Å². The second-order valence-corrected chi connectivity index (χ2v) is 6.24. The van der Waals surface area contributed by atoms with Gasteiger partial charge in [0, 0.05) is 11.9 Å². The second kappa shape index (κ2) is 6.14. The molecule has 4 heteroatoms. The molecular weight excluding hydrogens is 264 g/mol. The van der Waals surface area contributed by atoms with Gasteiger partial charge in [0.1, 0.15) is 0 Å². The monoisotopic (exact) mass is 286 g/mol. The first kappa shape index (κ1) is 15.3. The third kappa shape index (κ3) is 3.95. The van der Waals surface area contributed by atoms with Crippen molar-refractivity contribution in [3.05, 3.63) is 42.5 Å². The third-order valence-electron chi connectivity index (χ3n) is 3.49. The van der Waals surface area contributed by atoms with E-state index < -0.39 is 6.10 Å². The Bertz CT molecular complexity index is 627. The molecule has 2 aromatic carbocycles. The van der Waals surface area contributed by atoms with Crippen LogP contribution in [0.2, 0.25) is 0 Å². The van der Waals surface area contributed by atoms with Crippen molar-refractivity contribution in [3.63, 3.8) is 0 Å². The van der Waals surface area contributed by atoms with E-state index in [1.54, 1.807) is 0 Å². The minimum Gasteiger partial charge on any atom is -0.391 e. The van der Waals surface area contributed by atoms with E-state index in [2.05, 4.69) is 10.6 Å². The molecule has 0 spiro atoms. The molecule has 0 aliphatic heterocycles. The smallest absolute Gasteiger partial charge is 0.319 e. The van der Waals surface area contributed by atoms with Crippen molar-refractivity contribution < 1.29 is 9.90 Å². The van der Waals surface area contributed by atoms with Gasteiger partial charge in [-0.1, -0.05) is 57.2 Å². The highest BCUT2D eigenvalue weighted by atomic mass is 16.3. The first-order valence-electron chi connectivity index (χ1n) is 7.08. The van der Waals surface area contributed by atoms with Crippen LogP contribution in [0.3, 0.4) is 0 Å². The first-order chi connectivity index (χ1) is 9.88. The molecule has 4 nitrogen and oxygen atoms in total. The van der Waals surface area contributed by atoms with Crippen LogP contribution in [0.25, 0.3) is 10.8 Å². The highest BCUT2D eigenvalue weighted by Gasteiger charge is 2.22. The van der Waals surface area contributed by atoms with Crippen LogP contribution in [0, 0.1) is 5.41 Å². The molecule has 1 atom stereocenters. The Labute approximate surface area is 125 Å². The summed E-state index contributed by atoms with van der Waals surface area (Å²) in [6.45, 7) is 6.02. The molecule has 2 rings (SSSR count). The SMILES string of the molecule is CC(C)(C)C(O)CNC(=O)Nc1cccc2ccccc12. The number of anilines is 1. The summed E-state index contributed by atoms with van der Waals surface area (Å²) in [6, 6.07) is 13.3. The van der Waals surface area contributed by atoms with Crippen LogP contribution in [-0.4, -0.2) is 23.8 Å². The van der Waals surface area contributed by atoms with E-state index in [0.29, 0.717) is 0 Å². The summed E-state index contributed by atoms with van der Waals surface area (Å²) in [5, 5.41) is 17.5. The minimum atomic E-state index is -0.587. The summed E-state index contributed by atoms with van der Waals surface area (Å²) >= 11 is 0. The fraction of sp³-hybridized carbons (Fsp3) is 0.353. The maximum absolute atomic E-state index is 12.0. The lowest BCUT2D eigenvalue weighted by Gasteiger charge is -2.25. The molecule has 0 heterocycles. The molecule has 0 aromatic heterocycles. The maximum atomic E-state index is 12.0. The summed E-state index contributed by atoms with van der Waals surface area (Å²) in [5.41, 5.74) is 0.503. The average Bonchev–Trinajstić information content (AvgIpc) is 2.44. The number of hydrogen-bond donors (Lipinski definition) is 3. The van der Waals surface area contributed by atoms with Gasteiger partial charge in [-0.25, -0.2) is 4.79 Å². The number of fused-ring (bicyclic) bond motifs is 1. The van der Waals surface area contributed by atoms with Gasteiger partial charge in [0.05, 0.1) is 11.8 Å². The molecule has 2 aromatic rings. The summed E-state index contributed by atoms with van der Waals surface area (Å²) in [4.78, 5) is 12.0. The van der Waals surface area contributed by atoms with E-state index in [0.717, 1.165) is 16.5 Å².